The minimum Gasteiger partial charge on any atom is -0.379 e. The number of rotatable bonds is 1. The van der Waals surface area contributed by atoms with Gasteiger partial charge in [0.05, 0.1) is 13.2 Å². The number of halogens is 2. The van der Waals surface area contributed by atoms with Crippen LogP contribution in [0.3, 0.4) is 0 Å². The minimum absolute atomic E-state index is 0. The maximum atomic E-state index is 13.5. The Kier molecular flexibility index (Phi) is 5.09. The fraction of sp³-hybridized carbons (Fsp3) is 1.00. The van der Waals surface area contributed by atoms with Gasteiger partial charge in [0.25, 0.3) is 0 Å². The third kappa shape index (κ3) is 2.79. The van der Waals surface area contributed by atoms with Crippen LogP contribution >= 0.6 is 12.4 Å². The molecule has 2 fully saturated rings. The van der Waals surface area contributed by atoms with Crippen molar-refractivity contribution in [1.29, 1.82) is 0 Å². The standard InChI is InChI=1S/C9H17FN2O.ClH/c10-8-7-11-2-1-9(8)12-3-5-13-6-4-12;/h8-9,11H,1-7H2;1H. The van der Waals surface area contributed by atoms with Crippen LogP contribution in [0.25, 0.3) is 0 Å². The number of piperidine rings is 1. The lowest BCUT2D eigenvalue weighted by Crippen LogP contribution is -2.54. The normalized spacial score (nSPS) is 34.9. The van der Waals surface area contributed by atoms with Crippen LogP contribution in [0.15, 0.2) is 0 Å². The Bertz CT molecular complexity index is 167. The molecule has 0 amide bonds. The summed E-state index contributed by atoms with van der Waals surface area (Å²) >= 11 is 0. The summed E-state index contributed by atoms with van der Waals surface area (Å²) in [4.78, 5) is 2.23. The molecule has 3 nitrogen and oxygen atoms in total. The molecule has 0 aromatic heterocycles. The molecule has 0 radical (unpaired) electrons. The Morgan fingerprint density at radius 2 is 2.00 bits per heavy atom. The van der Waals surface area contributed by atoms with Crippen LogP contribution in [0.2, 0.25) is 0 Å². The Morgan fingerprint density at radius 3 is 2.64 bits per heavy atom. The van der Waals surface area contributed by atoms with E-state index in [4.69, 9.17) is 4.74 Å². The lowest BCUT2D eigenvalue weighted by Gasteiger charge is -2.38. The highest BCUT2D eigenvalue weighted by atomic mass is 35.5. The maximum Gasteiger partial charge on any atom is 0.128 e. The van der Waals surface area contributed by atoms with Gasteiger partial charge in [-0.05, 0) is 13.0 Å². The maximum absolute atomic E-state index is 13.5. The van der Waals surface area contributed by atoms with E-state index in [0.29, 0.717) is 6.54 Å². The van der Waals surface area contributed by atoms with Gasteiger partial charge in [-0.2, -0.15) is 0 Å². The molecule has 5 heteroatoms. The van der Waals surface area contributed by atoms with Gasteiger partial charge in [0.1, 0.15) is 6.17 Å². The van der Waals surface area contributed by atoms with E-state index in [1.165, 1.54) is 0 Å². The van der Waals surface area contributed by atoms with Crippen molar-refractivity contribution in [3.8, 4) is 0 Å². The summed E-state index contributed by atoms with van der Waals surface area (Å²) in [6.07, 6.45) is 0.230. The van der Waals surface area contributed by atoms with Crippen molar-refractivity contribution in [2.45, 2.75) is 18.6 Å². The zero-order chi connectivity index (χ0) is 9.10. The van der Waals surface area contributed by atoms with Gasteiger partial charge < -0.3 is 10.1 Å². The largest absolute Gasteiger partial charge is 0.379 e. The molecule has 0 saturated carbocycles. The van der Waals surface area contributed by atoms with Crippen LogP contribution < -0.4 is 5.32 Å². The molecule has 14 heavy (non-hydrogen) atoms. The Hall–Kier alpha value is 0.1000. The first kappa shape index (κ1) is 12.2. The summed E-state index contributed by atoms with van der Waals surface area (Å²) in [5.41, 5.74) is 0. The van der Waals surface area contributed by atoms with Gasteiger partial charge in [0, 0.05) is 25.7 Å². The third-order valence-corrected chi connectivity index (χ3v) is 2.89. The summed E-state index contributed by atoms with van der Waals surface area (Å²) < 4.78 is 18.7. The van der Waals surface area contributed by atoms with E-state index in [1.807, 2.05) is 0 Å². The van der Waals surface area contributed by atoms with Crippen molar-refractivity contribution in [2.24, 2.45) is 0 Å². The number of hydrogen-bond donors (Lipinski definition) is 1. The monoisotopic (exact) mass is 224 g/mol. The lowest BCUT2D eigenvalue weighted by atomic mass is 10.0. The van der Waals surface area contributed by atoms with Gasteiger partial charge in [-0.3, -0.25) is 4.90 Å². The SMILES string of the molecule is Cl.FC1CNCCC1N1CCOCC1. The highest BCUT2D eigenvalue weighted by Crippen LogP contribution is 2.16. The number of nitrogens with one attached hydrogen (secondary N) is 1. The second-order valence-corrected chi connectivity index (χ2v) is 3.72. The van der Waals surface area contributed by atoms with Crippen LogP contribution in [0.1, 0.15) is 6.42 Å². The summed E-state index contributed by atoms with van der Waals surface area (Å²) in [5, 5.41) is 3.07. The number of nitrogens with zero attached hydrogens (tertiary/aromatic N) is 1. The fourth-order valence-electron chi connectivity index (χ4n) is 2.13. The molecular formula is C9H18ClFN2O. The molecule has 2 aliphatic heterocycles. The molecule has 2 unspecified atom stereocenters. The molecule has 2 atom stereocenters. The van der Waals surface area contributed by atoms with E-state index < -0.39 is 6.17 Å². The highest BCUT2D eigenvalue weighted by molar-refractivity contribution is 5.85. The van der Waals surface area contributed by atoms with E-state index in [-0.39, 0.29) is 18.4 Å². The summed E-state index contributed by atoms with van der Waals surface area (Å²) in [6, 6.07) is 0.130. The number of morpholine rings is 1. The van der Waals surface area contributed by atoms with Crippen LogP contribution in [-0.2, 0) is 4.74 Å². The van der Waals surface area contributed by atoms with Gasteiger partial charge in [0.2, 0.25) is 0 Å². The predicted molar refractivity (Wildman–Crippen MR) is 55.8 cm³/mol. The average Bonchev–Trinajstić information content (AvgIpc) is 2.20. The molecule has 84 valence electrons. The van der Waals surface area contributed by atoms with Gasteiger partial charge in [-0.25, -0.2) is 4.39 Å². The Balaban J connectivity index is 0.000000980. The molecule has 0 aromatic rings. The Labute approximate surface area is 90.4 Å². The van der Waals surface area contributed by atoms with E-state index in [1.54, 1.807) is 0 Å². The highest BCUT2D eigenvalue weighted by Gasteiger charge is 2.30. The zero-order valence-corrected chi connectivity index (χ0v) is 9.06. The second kappa shape index (κ2) is 5.85. The summed E-state index contributed by atoms with van der Waals surface area (Å²) in [7, 11) is 0. The number of ether oxygens (including phenoxy) is 1. The topological polar surface area (TPSA) is 24.5 Å². The van der Waals surface area contributed by atoms with Crippen molar-refractivity contribution < 1.29 is 9.13 Å². The van der Waals surface area contributed by atoms with Gasteiger partial charge in [0.15, 0.2) is 0 Å². The molecule has 2 heterocycles. The minimum atomic E-state index is -0.702. The number of alkyl halides is 1. The molecule has 0 bridgehead atoms. The third-order valence-electron chi connectivity index (χ3n) is 2.89. The Morgan fingerprint density at radius 1 is 1.29 bits per heavy atom. The van der Waals surface area contributed by atoms with Crippen LogP contribution in [-0.4, -0.2) is 56.5 Å². The molecule has 2 saturated heterocycles. The van der Waals surface area contributed by atoms with Crippen molar-refractivity contribution in [3.63, 3.8) is 0 Å². The van der Waals surface area contributed by atoms with Gasteiger partial charge in [-0.15, -0.1) is 12.4 Å². The first-order valence-corrected chi connectivity index (χ1v) is 5.04. The second-order valence-electron chi connectivity index (χ2n) is 3.72. The van der Waals surface area contributed by atoms with Crippen molar-refractivity contribution in [1.82, 2.24) is 10.2 Å². The van der Waals surface area contributed by atoms with E-state index >= 15 is 0 Å². The molecule has 0 aromatic carbocycles. The van der Waals surface area contributed by atoms with Gasteiger partial charge in [-0.1, -0.05) is 0 Å². The smallest absolute Gasteiger partial charge is 0.128 e. The van der Waals surface area contributed by atoms with E-state index in [2.05, 4.69) is 10.2 Å². The quantitative estimate of drug-likeness (QED) is 0.700. The molecule has 1 N–H and O–H groups in total. The average molecular weight is 225 g/mol. The molecule has 2 rings (SSSR count). The first-order valence-electron chi connectivity index (χ1n) is 5.04. The summed E-state index contributed by atoms with van der Waals surface area (Å²) in [6.45, 7) is 4.77. The van der Waals surface area contributed by atoms with Crippen LogP contribution in [0.4, 0.5) is 4.39 Å². The first-order chi connectivity index (χ1) is 6.38. The zero-order valence-electron chi connectivity index (χ0n) is 8.25. The fourth-order valence-corrected chi connectivity index (χ4v) is 2.13. The molecule has 0 spiro atoms. The number of hydrogen-bond acceptors (Lipinski definition) is 3. The molecule has 2 aliphatic rings. The van der Waals surface area contributed by atoms with Crippen molar-refractivity contribution in [2.75, 3.05) is 39.4 Å². The molecule has 0 aliphatic carbocycles. The van der Waals surface area contributed by atoms with E-state index in [0.717, 1.165) is 39.3 Å². The van der Waals surface area contributed by atoms with Crippen molar-refractivity contribution >= 4 is 12.4 Å². The summed E-state index contributed by atoms with van der Waals surface area (Å²) in [5.74, 6) is 0. The van der Waals surface area contributed by atoms with Crippen LogP contribution in [0.5, 0.6) is 0 Å². The van der Waals surface area contributed by atoms with Gasteiger partial charge >= 0.3 is 0 Å². The van der Waals surface area contributed by atoms with Crippen molar-refractivity contribution in [3.05, 3.63) is 0 Å². The van der Waals surface area contributed by atoms with Crippen LogP contribution in [0, 0.1) is 0 Å². The lowest BCUT2D eigenvalue weighted by molar-refractivity contribution is -0.0108. The van der Waals surface area contributed by atoms with E-state index in [9.17, 15) is 4.39 Å². The predicted octanol–water partition coefficient (Wildman–Crippen LogP) is 0.440. The molecular weight excluding hydrogens is 207 g/mol.